The normalized spacial score (nSPS) is 17.4. The Morgan fingerprint density at radius 1 is 1.25 bits per heavy atom. The molecule has 6 heteroatoms. The summed E-state index contributed by atoms with van der Waals surface area (Å²) < 4.78 is 0. The van der Waals surface area contributed by atoms with E-state index in [2.05, 4.69) is 10.6 Å². The van der Waals surface area contributed by atoms with Crippen LogP contribution >= 0.6 is 11.3 Å². The summed E-state index contributed by atoms with van der Waals surface area (Å²) in [5.74, 6) is -0.513. The first-order valence-corrected chi connectivity index (χ1v) is 7.78. The van der Waals surface area contributed by atoms with Gasteiger partial charge in [0.05, 0.1) is 17.0 Å². The lowest BCUT2D eigenvalue weighted by Crippen LogP contribution is -2.46. The smallest absolute Gasteiger partial charge is 0.261 e. The molecule has 0 bridgehead atoms. The van der Waals surface area contributed by atoms with Crippen LogP contribution in [-0.2, 0) is 4.79 Å². The summed E-state index contributed by atoms with van der Waals surface area (Å²) >= 11 is 1.33. The van der Waals surface area contributed by atoms with E-state index >= 15 is 0 Å². The molecule has 0 radical (unpaired) electrons. The topological polar surface area (TPSA) is 78.4 Å². The first-order valence-electron chi connectivity index (χ1n) is 6.90. The van der Waals surface area contributed by atoms with Gasteiger partial charge < -0.3 is 15.7 Å². The standard InChI is InChI=1S/C14H20N2O3S/c17-12(9-15-13(18)11-5-4-8-20-11)16-10-14(19)6-2-1-3-7-14/h4-5,8,19H,1-3,6-7,9-10H2,(H,15,18)(H,16,17). The van der Waals surface area contributed by atoms with Gasteiger partial charge in [0.15, 0.2) is 0 Å². The first-order chi connectivity index (χ1) is 9.59. The maximum atomic E-state index is 11.7. The van der Waals surface area contributed by atoms with Gasteiger partial charge in [-0.3, -0.25) is 9.59 Å². The number of nitrogens with one attached hydrogen (secondary N) is 2. The second-order valence-corrected chi connectivity index (χ2v) is 6.17. The first kappa shape index (κ1) is 15.0. The summed E-state index contributed by atoms with van der Waals surface area (Å²) in [6.45, 7) is 0.202. The number of hydrogen-bond donors (Lipinski definition) is 3. The van der Waals surface area contributed by atoms with Crippen LogP contribution in [0.5, 0.6) is 0 Å². The molecule has 1 heterocycles. The highest BCUT2D eigenvalue weighted by atomic mass is 32.1. The average Bonchev–Trinajstić information content (AvgIpc) is 2.98. The maximum absolute atomic E-state index is 11.7. The number of rotatable bonds is 5. The zero-order valence-corrected chi connectivity index (χ0v) is 12.2. The van der Waals surface area contributed by atoms with E-state index in [0.29, 0.717) is 4.88 Å². The molecule has 3 N–H and O–H groups in total. The van der Waals surface area contributed by atoms with Crippen molar-refractivity contribution in [3.63, 3.8) is 0 Å². The average molecular weight is 296 g/mol. The van der Waals surface area contributed by atoms with Crippen molar-refractivity contribution in [3.05, 3.63) is 22.4 Å². The molecule has 0 atom stereocenters. The minimum Gasteiger partial charge on any atom is -0.388 e. The van der Waals surface area contributed by atoms with Crippen molar-refractivity contribution in [1.29, 1.82) is 0 Å². The predicted octanol–water partition coefficient (Wildman–Crippen LogP) is 1.29. The molecule has 1 aliphatic carbocycles. The van der Waals surface area contributed by atoms with E-state index < -0.39 is 5.60 Å². The summed E-state index contributed by atoms with van der Waals surface area (Å²) in [7, 11) is 0. The predicted molar refractivity (Wildman–Crippen MR) is 77.7 cm³/mol. The molecule has 1 aromatic rings. The quantitative estimate of drug-likeness (QED) is 0.766. The minimum absolute atomic E-state index is 0.0627. The Morgan fingerprint density at radius 2 is 2.00 bits per heavy atom. The zero-order chi connectivity index (χ0) is 14.4. The van der Waals surface area contributed by atoms with Gasteiger partial charge >= 0.3 is 0 Å². The van der Waals surface area contributed by atoms with E-state index in [9.17, 15) is 14.7 Å². The van der Waals surface area contributed by atoms with Gasteiger partial charge in [0.2, 0.25) is 5.91 Å². The molecule has 0 saturated heterocycles. The van der Waals surface area contributed by atoms with Gasteiger partial charge in [0.25, 0.3) is 5.91 Å². The highest BCUT2D eigenvalue weighted by Gasteiger charge is 2.29. The van der Waals surface area contributed by atoms with Crippen LogP contribution in [0.3, 0.4) is 0 Å². The van der Waals surface area contributed by atoms with Crippen LogP contribution in [0.1, 0.15) is 41.8 Å². The van der Waals surface area contributed by atoms with E-state index in [-0.39, 0.29) is 24.9 Å². The van der Waals surface area contributed by atoms with Crippen LogP contribution in [0, 0.1) is 0 Å². The molecule has 2 rings (SSSR count). The summed E-state index contributed by atoms with van der Waals surface area (Å²) in [4.78, 5) is 23.9. The summed E-state index contributed by atoms with van der Waals surface area (Å²) in [6.07, 6.45) is 4.61. The van der Waals surface area contributed by atoms with Crippen molar-refractivity contribution in [2.24, 2.45) is 0 Å². The molecule has 0 spiro atoms. The third-order valence-corrected chi connectivity index (χ3v) is 4.42. The molecular formula is C14H20N2O3S. The fourth-order valence-electron chi connectivity index (χ4n) is 2.37. The Hall–Kier alpha value is -1.40. The largest absolute Gasteiger partial charge is 0.388 e. The fraction of sp³-hybridized carbons (Fsp3) is 0.571. The Labute approximate surface area is 122 Å². The lowest BCUT2D eigenvalue weighted by Gasteiger charge is -2.32. The van der Waals surface area contributed by atoms with Crippen LogP contribution in [-0.4, -0.2) is 35.6 Å². The lowest BCUT2D eigenvalue weighted by atomic mass is 9.85. The number of thiophene rings is 1. The van der Waals surface area contributed by atoms with Crippen molar-refractivity contribution in [2.45, 2.75) is 37.7 Å². The highest BCUT2D eigenvalue weighted by molar-refractivity contribution is 7.12. The Balaban J connectivity index is 1.69. The van der Waals surface area contributed by atoms with Crippen LogP contribution in [0.4, 0.5) is 0 Å². The number of amides is 2. The van der Waals surface area contributed by atoms with E-state index in [1.54, 1.807) is 12.1 Å². The van der Waals surface area contributed by atoms with Crippen LogP contribution in [0.25, 0.3) is 0 Å². The molecule has 20 heavy (non-hydrogen) atoms. The SMILES string of the molecule is O=C(CNC(=O)c1cccs1)NCC1(O)CCCCC1. The maximum Gasteiger partial charge on any atom is 0.261 e. The summed E-state index contributed by atoms with van der Waals surface area (Å²) in [5, 5.41) is 17.3. The van der Waals surface area contributed by atoms with Gasteiger partial charge in [0, 0.05) is 6.54 Å². The van der Waals surface area contributed by atoms with Crippen LogP contribution in [0.2, 0.25) is 0 Å². The van der Waals surface area contributed by atoms with Gasteiger partial charge in [-0.15, -0.1) is 11.3 Å². The van der Waals surface area contributed by atoms with Crippen molar-refractivity contribution < 1.29 is 14.7 Å². The Morgan fingerprint density at radius 3 is 2.65 bits per heavy atom. The van der Waals surface area contributed by atoms with Crippen LogP contribution in [0.15, 0.2) is 17.5 Å². The third-order valence-electron chi connectivity index (χ3n) is 3.55. The van der Waals surface area contributed by atoms with Gasteiger partial charge in [-0.25, -0.2) is 0 Å². The number of carbonyl (C=O) groups is 2. The number of aliphatic hydroxyl groups is 1. The van der Waals surface area contributed by atoms with Crippen molar-refractivity contribution in [2.75, 3.05) is 13.1 Å². The molecule has 1 saturated carbocycles. The molecular weight excluding hydrogens is 276 g/mol. The van der Waals surface area contributed by atoms with E-state index in [4.69, 9.17) is 0 Å². The number of carbonyl (C=O) groups excluding carboxylic acids is 2. The van der Waals surface area contributed by atoms with E-state index in [1.165, 1.54) is 11.3 Å². The third kappa shape index (κ3) is 4.31. The van der Waals surface area contributed by atoms with E-state index in [1.807, 2.05) is 5.38 Å². The second-order valence-electron chi connectivity index (χ2n) is 5.22. The molecule has 5 nitrogen and oxygen atoms in total. The van der Waals surface area contributed by atoms with E-state index in [0.717, 1.165) is 32.1 Å². The minimum atomic E-state index is -0.772. The van der Waals surface area contributed by atoms with Gasteiger partial charge in [0.1, 0.15) is 0 Å². The van der Waals surface area contributed by atoms with Crippen molar-refractivity contribution >= 4 is 23.2 Å². The molecule has 2 amide bonds. The van der Waals surface area contributed by atoms with Crippen molar-refractivity contribution in [3.8, 4) is 0 Å². The Bertz CT molecular complexity index is 453. The zero-order valence-electron chi connectivity index (χ0n) is 11.4. The summed E-state index contributed by atoms with van der Waals surface area (Å²) in [5.41, 5.74) is -0.772. The van der Waals surface area contributed by atoms with Gasteiger partial charge in [-0.1, -0.05) is 25.3 Å². The monoisotopic (exact) mass is 296 g/mol. The fourth-order valence-corrected chi connectivity index (χ4v) is 3.01. The molecule has 0 unspecified atom stereocenters. The molecule has 110 valence electrons. The second kappa shape index (κ2) is 6.85. The highest BCUT2D eigenvalue weighted by Crippen LogP contribution is 2.27. The molecule has 0 aliphatic heterocycles. The summed E-state index contributed by atoms with van der Waals surface area (Å²) in [6, 6.07) is 3.50. The van der Waals surface area contributed by atoms with Crippen molar-refractivity contribution in [1.82, 2.24) is 10.6 Å². The molecule has 1 aromatic heterocycles. The Kier molecular flexibility index (Phi) is 5.14. The van der Waals surface area contributed by atoms with Gasteiger partial charge in [-0.05, 0) is 24.3 Å². The lowest BCUT2D eigenvalue weighted by molar-refractivity contribution is -0.121. The van der Waals surface area contributed by atoms with Gasteiger partial charge in [-0.2, -0.15) is 0 Å². The number of hydrogen-bond acceptors (Lipinski definition) is 4. The molecule has 1 aliphatic rings. The van der Waals surface area contributed by atoms with Crippen LogP contribution < -0.4 is 10.6 Å². The molecule has 1 fully saturated rings. The molecule has 0 aromatic carbocycles.